The van der Waals surface area contributed by atoms with Crippen LogP contribution in [0.1, 0.15) is 61.4 Å². The maximum absolute atomic E-state index is 4.39. The number of hydrogen-bond acceptors (Lipinski definition) is 3. The van der Waals surface area contributed by atoms with Gasteiger partial charge in [0.1, 0.15) is 0 Å². The summed E-state index contributed by atoms with van der Waals surface area (Å²) in [6, 6.07) is 0.536. The molecule has 1 unspecified atom stereocenters. The number of nitrogens with zero attached hydrogens (tertiary/aromatic N) is 1. The Bertz CT molecular complexity index is 329. The Morgan fingerprint density at radius 2 is 2.18 bits per heavy atom. The summed E-state index contributed by atoms with van der Waals surface area (Å²) >= 11 is 1.85. The van der Waals surface area contributed by atoms with Crippen molar-refractivity contribution in [1.82, 2.24) is 10.3 Å². The molecule has 2 nitrogen and oxygen atoms in total. The number of hydrogen-bond donors (Lipinski definition) is 1. The van der Waals surface area contributed by atoms with E-state index in [1.54, 1.807) is 0 Å². The molecule has 1 N–H and O–H groups in total. The van der Waals surface area contributed by atoms with Crippen LogP contribution in [0.15, 0.2) is 6.20 Å². The second-order valence-corrected chi connectivity index (χ2v) is 6.40. The molecule has 1 aromatic heterocycles. The third-order valence-corrected chi connectivity index (χ3v) is 4.75. The maximum atomic E-state index is 4.39. The Morgan fingerprint density at radius 1 is 1.41 bits per heavy atom. The van der Waals surface area contributed by atoms with Gasteiger partial charge in [-0.05, 0) is 25.8 Å². The molecule has 0 bridgehead atoms. The van der Waals surface area contributed by atoms with Crippen molar-refractivity contribution < 1.29 is 0 Å². The van der Waals surface area contributed by atoms with Gasteiger partial charge in [-0.25, -0.2) is 4.98 Å². The molecule has 1 atom stereocenters. The number of thiazole rings is 1. The molecule has 0 amide bonds. The maximum Gasteiger partial charge on any atom is 0.0897 e. The van der Waals surface area contributed by atoms with Crippen molar-refractivity contribution in [2.45, 2.75) is 58.4 Å². The average Bonchev–Trinajstić information content (AvgIpc) is 2.77. The van der Waals surface area contributed by atoms with E-state index >= 15 is 0 Å². The summed E-state index contributed by atoms with van der Waals surface area (Å²) in [5.41, 5.74) is 0. The van der Waals surface area contributed by atoms with Crippen LogP contribution < -0.4 is 5.32 Å². The van der Waals surface area contributed by atoms with Crippen LogP contribution in [0.4, 0.5) is 0 Å². The highest BCUT2D eigenvalue weighted by Gasteiger charge is 2.20. The van der Waals surface area contributed by atoms with Gasteiger partial charge in [-0.2, -0.15) is 0 Å². The zero-order chi connectivity index (χ0) is 12.1. The molecule has 1 saturated carbocycles. The molecule has 3 heteroatoms. The molecule has 1 aliphatic carbocycles. The van der Waals surface area contributed by atoms with Crippen LogP contribution in [0.2, 0.25) is 0 Å². The first kappa shape index (κ1) is 13.0. The first-order valence-electron chi connectivity index (χ1n) is 6.95. The largest absolute Gasteiger partial charge is 0.309 e. The van der Waals surface area contributed by atoms with Gasteiger partial charge in [0, 0.05) is 17.1 Å². The standard InChI is InChI=1S/C14H24N2S/c1-3-15-13(14-10-16-11(2)17-14)9-12-7-5-4-6-8-12/h10,12-13,15H,3-9H2,1-2H3. The van der Waals surface area contributed by atoms with E-state index in [0.717, 1.165) is 12.5 Å². The fraction of sp³-hybridized carbons (Fsp3) is 0.786. The molecule has 2 rings (SSSR count). The quantitative estimate of drug-likeness (QED) is 0.854. The van der Waals surface area contributed by atoms with Gasteiger partial charge < -0.3 is 5.32 Å². The first-order chi connectivity index (χ1) is 8.29. The van der Waals surface area contributed by atoms with Crippen molar-refractivity contribution in [2.75, 3.05) is 6.54 Å². The topological polar surface area (TPSA) is 24.9 Å². The summed E-state index contributed by atoms with van der Waals surface area (Å²) in [7, 11) is 0. The third kappa shape index (κ3) is 3.78. The van der Waals surface area contributed by atoms with Gasteiger partial charge in [0.25, 0.3) is 0 Å². The van der Waals surface area contributed by atoms with Crippen LogP contribution in [-0.2, 0) is 0 Å². The molecule has 1 aliphatic rings. The van der Waals surface area contributed by atoms with Crippen molar-refractivity contribution in [3.63, 3.8) is 0 Å². The number of aromatic nitrogens is 1. The summed E-state index contributed by atoms with van der Waals surface area (Å²) in [5.74, 6) is 0.926. The predicted molar refractivity (Wildman–Crippen MR) is 74.5 cm³/mol. The first-order valence-corrected chi connectivity index (χ1v) is 7.77. The van der Waals surface area contributed by atoms with Crippen LogP contribution in [0.3, 0.4) is 0 Å². The third-order valence-electron chi connectivity index (χ3n) is 3.73. The van der Waals surface area contributed by atoms with Gasteiger partial charge >= 0.3 is 0 Å². The second-order valence-electron chi connectivity index (χ2n) is 5.13. The van der Waals surface area contributed by atoms with E-state index in [1.807, 2.05) is 11.3 Å². The van der Waals surface area contributed by atoms with Crippen LogP contribution in [0, 0.1) is 12.8 Å². The number of nitrogens with one attached hydrogen (secondary N) is 1. The van der Waals surface area contributed by atoms with E-state index in [4.69, 9.17) is 0 Å². The van der Waals surface area contributed by atoms with E-state index in [0.29, 0.717) is 6.04 Å². The second kappa shape index (κ2) is 6.50. The van der Waals surface area contributed by atoms with Gasteiger partial charge in [0.05, 0.1) is 5.01 Å². The van der Waals surface area contributed by atoms with Crippen LogP contribution in [0.25, 0.3) is 0 Å². The van der Waals surface area contributed by atoms with Gasteiger partial charge in [-0.3, -0.25) is 0 Å². The van der Waals surface area contributed by atoms with Crippen molar-refractivity contribution in [3.8, 4) is 0 Å². The number of rotatable bonds is 5. The van der Waals surface area contributed by atoms with E-state index in [-0.39, 0.29) is 0 Å². The minimum Gasteiger partial charge on any atom is -0.309 e. The zero-order valence-electron chi connectivity index (χ0n) is 11.0. The minimum absolute atomic E-state index is 0.536. The number of aryl methyl sites for hydroxylation is 1. The zero-order valence-corrected chi connectivity index (χ0v) is 11.9. The van der Waals surface area contributed by atoms with Crippen LogP contribution in [-0.4, -0.2) is 11.5 Å². The molecule has 17 heavy (non-hydrogen) atoms. The molecule has 0 saturated heterocycles. The lowest BCUT2D eigenvalue weighted by Gasteiger charge is -2.26. The molecular weight excluding hydrogens is 228 g/mol. The Balaban J connectivity index is 1.96. The highest BCUT2D eigenvalue weighted by Crippen LogP contribution is 2.33. The molecule has 96 valence electrons. The van der Waals surface area contributed by atoms with Gasteiger partial charge in [-0.15, -0.1) is 11.3 Å². The predicted octanol–water partition coefficient (Wildman–Crippen LogP) is 4.07. The van der Waals surface area contributed by atoms with Crippen molar-refractivity contribution in [1.29, 1.82) is 0 Å². The molecule has 1 aromatic rings. The van der Waals surface area contributed by atoms with Gasteiger partial charge in [0.15, 0.2) is 0 Å². The SMILES string of the molecule is CCNC(CC1CCCCC1)c1cnc(C)s1. The normalized spacial score (nSPS) is 19.4. The fourth-order valence-electron chi connectivity index (χ4n) is 2.84. The van der Waals surface area contributed by atoms with Crippen molar-refractivity contribution in [2.24, 2.45) is 5.92 Å². The molecular formula is C14H24N2S. The van der Waals surface area contributed by atoms with Crippen LogP contribution >= 0.6 is 11.3 Å². The van der Waals surface area contributed by atoms with E-state index in [9.17, 15) is 0 Å². The monoisotopic (exact) mass is 252 g/mol. The summed E-state index contributed by atoms with van der Waals surface area (Å²) in [4.78, 5) is 5.82. The summed E-state index contributed by atoms with van der Waals surface area (Å²) in [6.45, 7) is 5.34. The lowest BCUT2D eigenvalue weighted by atomic mass is 9.84. The van der Waals surface area contributed by atoms with Gasteiger partial charge in [-0.1, -0.05) is 39.0 Å². The molecule has 0 aliphatic heterocycles. The minimum atomic E-state index is 0.536. The highest BCUT2D eigenvalue weighted by atomic mass is 32.1. The average molecular weight is 252 g/mol. The summed E-state index contributed by atoms with van der Waals surface area (Å²) in [5, 5.41) is 4.82. The smallest absolute Gasteiger partial charge is 0.0897 e. The van der Waals surface area contributed by atoms with E-state index < -0.39 is 0 Å². The lowest BCUT2D eigenvalue weighted by Crippen LogP contribution is -2.23. The van der Waals surface area contributed by atoms with E-state index in [2.05, 4.69) is 30.3 Å². The molecule has 0 aromatic carbocycles. The summed E-state index contributed by atoms with van der Waals surface area (Å²) < 4.78 is 0. The lowest BCUT2D eigenvalue weighted by molar-refractivity contribution is 0.303. The fourth-order valence-corrected chi connectivity index (χ4v) is 3.72. The Kier molecular flexibility index (Phi) is 4.99. The Morgan fingerprint density at radius 3 is 2.76 bits per heavy atom. The Labute approximate surface area is 109 Å². The molecule has 0 radical (unpaired) electrons. The van der Waals surface area contributed by atoms with Crippen molar-refractivity contribution in [3.05, 3.63) is 16.1 Å². The molecule has 1 heterocycles. The molecule has 0 spiro atoms. The molecule has 1 fully saturated rings. The highest BCUT2D eigenvalue weighted by molar-refractivity contribution is 7.11. The van der Waals surface area contributed by atoms with Crippen LogP contribution in [0.5, 0.6) is 0 Å². The van der Waals surface area contributed by atoms with E-state index in [1.165, 1.54) is 48.4 Å². The Hall–Kier alpha value is -0.410. The van der Waals surface area contributed by atoms with Gasteiger partial charge in [0.2, 0.25) is 0 Å². The van der Waals surface area contributed by atoms with Crippen molar-refractivity contribution >= 4 is 11.3 Å². The summed E-state index contributed by atoms with van der Waals surface area (Å²) in [6.07, 6.45) is 10.5.